The van der Waals surface area contributed by atoms with Crippen molar-refractivity contribution in [3.63, 3.8) is 0 Å². The third kappa shape index (κ3) is 9.48. The van der Waals surface area contributed by atoms with Gasteiger partial charge < -0.3 is 38.5 Å². The van der Waals surface area contributed by atoms with Gasteiger partial charge in [0.25, 0.3) is 11.8 Å². The van der Waals surface area contributed by atoms with Crippen LogP contribution >= 0.6 is 0 Å². The summed E-state index contributed by atoms with van der Waals surface area (Å²) >= 11 is 0. The molecule has 1 saturated carbocycles. The van der Waals surface area contributed by atoms with Crippen molar-refractivity contribution < 1.29 is 37.7 Å². The number of methoxy groups -OCH3 is 2. The van der Waals surface area contributed by atoms with E-state index in [4.69, 9.17) is 29.2 Å². The van der Waals surface area contributed by atoms with Gasteiger partial charge in [-0.3, -0.25) is 9.59 Å². The number of halogens is 1. The van der Waals surface area contributed by atoms with Crippen molar-refractivity contribution in [3.8, 4) is 46.6 Å². The average Bonchev–Trinajstić information content (AvgIpc) is 3.56. The van der Waals surface area contributed by atoms with Gasteiger partial charge in [0.15, 0.2) is 6.19 Å². The molecule has 2 aromatic heterocycles. The minimum atomic E-state index is -0.634. The SMILES string of the molecule is COC[C@@H]1C[C@@H](N2Cc3ccc(-c4cc(C#N)ccc4F)nc3C2=O)CN1C(=O)OC(C)(C)C.COC[C@@H]1C[C@@H](N2Cc3ccc(-c4cc(C#N)ccc4OC4CC4)nc3C2=O)CN1C#N. The number of hydrogen-bond acceptors (Lipinski definition) is 13. The fourth-order valence-corrected chi connectivity index (χ4v) is 8.94. The molecule has 2 saturated heterocycles. The zero-order valence-electron chi connectivity index (χ0n) is 37.5. The molecular weight excluding hydrogens is 846 g/mol. The highest BCUT2D eigenvalue weighted by atomic mass is 19.1. The summed E-state index contributed by atoms with van der Waals surface area (Å²) in [6.45, 7) is 7.88. The smallest absolute Gasteiger partial charge is 0.410 e. The number of aromatic nitrogens is 2. The minimum Gasteiger partial charge on any atom is -0.490 e. The second-order valence-corrected chi connectivity index (χ2v) is 18.1. The molecule has 1 aliphatic carbocycles. The van der Waals surface area contributed by atoms with Crippen molar-refractivity contribution >= 4 is 17.9 Å². The Morgan fingerprint density at radius 2 is 1.30 bits per heavy atom. The average molecular weight is 896 g/mol. The molecule has 0 spiro atoms. The van der Waals surface area contributed by atoms with Crippen LogP contribution in [0.1, 0.15) is 89.7 Å². The van der Waals surface area contributed by atoms with Gasteiger partial charge in [0.1, 0.15) is 28.6 Å². The van der Waals surface area contributed by atoms with Crippen LogP contribution in [0.25, 0.3) is 22.5 Å². The lowest BCUT2D eigenvalue weighted by Gasteiger charge is -2.28. The third-order valence-electron chi connectivity index (χ3n) is 12.3. The van der Waals surface area contributed by atoms with Gasteiger partial charge in [-0.1, -0.05) is 12.1 Å². The third-order valence-corrected chi connectivity index (χ3v) is 12.3. The molecule has 4 aromatic rings. The van der Waals surface area contributed by atoms with Gasteiger partial charge in [0, 0.05) is 62.7 Å². The molecule has 9 rings (SSSR count). The molecule has 0 bridgehead atoms. The number of fused-ring (bicyclic) bond motifs is 2. The van der Waals surface area contributed by atoms with E-state index in [2.05, 4.69) is 17.2 Å². The van der Waals surface area contributed by atoms with E-state index in [0.29, 0.717) is 86.2 Å². The Morgan fingerprint density at radius 1 is 0.758 bits per heavy atom. The molecule has 66 heavy (non-hydrogen) atoms. The van der Waals surface area contributed by atoms with E-state index in [1.54, 1.807) is 59.3 Å². The molecule has 5 aliphatic rings. The van der Waals surface area contributed by atoms with Crippen molar-refractivity contribution in [2.24, 2.45) is 0 Å². The van der Waals surface area contributed by atoms with Gasteiger partial charge >= 0.3 is 6.09 Å². The molecule has 340 valence electrons. The normalized spacial score (nSPS) is 20.8. The van der Waals surface area contributed by atoms with Crippen LogP contribution in [-0.4, -0.2) is 124 Å². The fraction of sp³-hybridized carbons (Fsp3) is 0.429. The van der Waals surface area contributed by atoms with Crippen molar-refractivity contribution in [1.29, 1.82) is 15.8 Å². The summed E-state index contributed by atoms with van der Waals surface area (Å²) in [7, 11) is 3.19. The first kappa shape index (κ1) is 45.4. The number of carbonyl (C=O) groups excluding carboxylic acids is 3. The summed E-state index contributed by atoms with van der Waals surface area (Å²) in [5.41, 5.74) is 4.31. The Labute approximate surface area is 382 Å². The van der Waals surface area contributed by atoms with Gasteiger partial charge in [-0.15, -0.1) is 0 Å². The predicted octanol–water partition coefficient (Wildman–Crippen LogP) is 6.43. The highest BCUT2D eigenvalue weighted by Gasteiger charge is 2.45. The number of pyridine rings is 2. The number of hydrogen-bond donors (Lipinski definition) is 0. The summed E-state index contributed by atoms with van der Waals surface area (Å²) in [5.74, 6) is -0.214. The number of likely N-dealkylation sites (tertiary alicyclic amines) is 2. The number of carbonyl (C=O) groups is 3. The number of nitrogens with zero attached hydrogens (tertiary/aromatic N) is 9. The molecule has 6 heterocycles. The summed E-state index contributed by atoms with van der Waals surface area (Å²) in [5, 5.41) is 27.9. The van der Waals surface area contributed by atoms with Crippen LogP contribution < -0.4 is 4.74 Å². The van der Waals surface area contributed by atoms with Crippen LogP contribution in [0.5, 0.6) is 5.75 Å². The highest BCUT2D eigenvalue weighted by Crippen LogP contribution is 2.38. The molecule has 3 amide bonds. The predicted molar refractivity (Wildman–Crippen MR) is 236 cm³/mol. The molecule has 17 heteroatoms. The van der Waals surface area contributed by atoms with Gasteiger partial charge in [-0.25, -0.2) is 19.2 Å². The molecule has 16 nitrogen and oxygen atoms in total. The molecule has 4 atom stereocenters. The quantitative estimate of drug-likeness (QED) is 0.158. The summed E-state index contributed by atoms with van der Waals surface area (Å²) in [6.07, 6.45) is 5.28. The first-order valence-electron chi connectivity index (χ1n) is 21.9. The van der Waals surface area contributed by atoms with Crippen molar-refractivity contribution in [3.05, 3.63) is 100 Å². The van der Waals surface area contributed by atoms with Crippen LogP contribution in [0.2, 0.25) is 0 Å². The molecule has 3 fully saturated rings. The fourth-order valence-electron chi connectivity index (χ4n) is 8.94. The second kappa shape index (κ2) is 18.8. The van der Waals surface area contributed by atoms with E-state index >= 15 is 0 Å². The molecule has 0 N–H and O–H groups in total. The largest absolute Gasteiger partial charge is 0.490 e. The maximum atomic E-state index is 14.4. The van der Waals surface area contributed by atoms with Gasteiger partial charge in [-0.2, -0.15) is 15.8 Å². The van der Waals surface area contributed by atoms with Crippen LogP contribution in [0.3, 0.4) is 0 Å². The zero-order valence-corrected chi connectivity index (χ0v) is 37.5. The number of amides is 3. The van der Waals surface area contributed by atoms with Crippen molar-refractivity contribution in [2.75, 3.05) is 40.5 Å². The minimum absolute atomic E-state index is 0.0223. The Morgan fingerprint density at radius 3 is 1.86 bits per heavy atom. The van der Waals surface area contributed by atoms with E-state index in [-0.39, 0.29) is 53.3 Å². The summed E-state index contributed by atoms with van der Waals surface area (Å²) < 4.78 is 36.5. The number of rotatable bonds is 10. The first-order valence-corrected chi connectivity index (χ1v) is 21.9. The number of nitriles is 3. The Bertz CT molecular complexity index is 2680. The first-order chi connectivity index (χ1) is 31.7. The number of benzene rings is 2. The van der Waals surface area contributed by atoms with E-state index < -0.39 is 17.5 Å². The lowest BCUT2D eigenvalue weighted by molar-refractivity contribution is 0.0140. The van der Waals surface area contributed by atoms with Crippen LogP contribution in [0, 0.1) is 39.9 Å². The Balaban J connectivity index is 0.000000180. The van der Waals surface area contributed by atoms with E-state index in [0.717, 1.165) is 29.5 Å². The summed E-state index contributed by atoms with van der Waals surface area (Å²) in [6, 6.07) is 20.2. The van der Waals surface area contributed by atoms with E-state index in [1.165, 1.54) is 18.2 Å². The molecule has 0 radical (unpaired) electrons. The molecule has 4 aliphatic heterocycles. The van der Waals surface area contributed by atoms with E-state index in [1.807, 2.05) is 43.9 Å². The Kier molecular flexibility index (Phi) is 12.9. The second-order valence-electron chi connectivity index (χ2n) is 18.1. The highest BCUT2D eigenvalue weighted by molar-refractivity contribution is 5.98. The van der Waals surface area contributed by atoms with Crippen molar-refractivity contribution in [1.82, 2.24) is 29.6 Å². The zero-order chi connectivity index (χ0) is 46.9. The van der Waals surface area contributed by atoms with E-state index in [9.17, 15) is 29.3 Å². The van der Waals surface area contributed by atoms with Gasteiger partial charge in [-0.05, 0) is 95.0 Å². The Hall–Kier alpha value is -7.13. The monoisotopic (exact) mass is 895 g/mol. The molecular formula is C49H50FN9O7. The topological polar surface area (TPSA) is 198 Å². The molecule has 2 aromatic carbocycles. The van der Waals surface area contributed by atoms with Crippen LogP contribution in [-0.2, 0) is 27.3 Å². The van der Waals surface area contributed by atoms with Gasteiger partial charge in [0.05, 0.1) is 78.1 Å². The maximum absolute atomic E-state index is 14.4. The lowest BCUT2D eigenvalue weighted by Crippen LogP contribution is -2.43. The number of ether oxygens (including phenoxy) is 4. The van der Waals surface area contributed by atoms with Crippen molar-refractivity contribution in [2.45, 2.75) is 95.4 Å². The summed E-state index contributed by atoms with van der Waals surface area (Å²) in [4.78, 5) is 55.3. The molecule has 0 unspecified atom stereocenters. The van der Waals surface area contributed by atoms with Crippen LogP contribution in [0.4, 0.5) is 9.18 Å². The lowest BCUT2D eigenvalue weighted by atomic mass is 10.1. The van der Waals surface area contributed by atoms with Gasteiger partial charge in [0.2, 0.25) is 0 Å². The van der Waals surface area contributed by atoms with Crippen LogP contribution in [0.15, 0.2) is 60.7 Å². The standard InChI is InChI=1S/C25H27FN4O4.C24H23N5O3/c1-25(2,3)34-24(32)30-13-17(10-18(30)14-33-4)29-12-16-6-8-21(28-22(16)23(29)31)19-9-15(11-27)5-7-20(19)26;1-31-13-18-9-17(12-28(18)14-26)29-11-16-3-6-21(27-23(16)24(29)30)20-8-15(10-25)2-7-22(20)32-19-4-5-19/h5-9,17-18H,10,12-14H2,1-4H3;2-3,6-8,17-19H,4-5,9,11-13H2,1H3/t2*17-,18+/m11/s1. The maximum Gasteiger partial charge on any atom is 0.410 e.